The zero-order valence-corrected chi connectivity index (χ0v) is 18.3. The fourth-order valence-electron chi connectivity index (χ4n) is 3.16. The van der Waals surface area contributed by atoms with Gasteiger partial charge in [-0.2, -0.15) is 0 Å². The molecule has 2 heterocycles. The quantitative estimate of drug-likeness (QED) is 0.366. The van der Waals surface area contributed by atoms with Gasteiger partial charge in [-0.1, -0.05) is 44.2 Å². The number of aromatic nitrogens is 4. The molecule has 0 aliphatic carbocycles. The molecule has 0 radical (unpaired) electrons. The van der Waals surface area contributed by atoms with Crippen LogP contribution in [0.5, 0.6) is 11.6 Å². The topological polar surface area (TPSA) is 69.9 Å². The second-order valence-corrected chi connectivity index (χ2v) is 9.04. The largest absolute Gasteiger partial charge is 0.437 e. The number of nitrogens with zero attached hydrogens (tertiary/aromatic N) is 4. The van der Waals surface area contributed by atoms with E-state index in [0.717, 1.165) is 23.0 Å². The highest BCUT2D eigenvalue weighted by Crippen LogP contribution is 2.36. The van der Waals surface area contributed by atoms with Crippen molar-refractivity contribution in [2.24, 2.45) is 5.41 Å². The van der Waals surface area contributed by atoms with E-state index in [1.807, 2.05) is 47.1 Å². The lowest BCUT2D eigenvalue weighted by molar-refractivity contribution is 0.101. The van der Waals surface area contributed by atoms with Gasteiger partial charge in [0.2, 0.25) is 5.88 Å². The highest BCUT2D eigenvalue weighted by atomic mass is 79.9. The fraction of sp³-hybridized carbons (Fsp3) is 0.273. The van der Waals surface area contributed by atoms with Crippen LogP contribution >= 0.6 is 15.9 Å². The normalized spacial score (nSPS) is 11.9. The summed E-state index contributed by atoms with van der Waals surface area (Å²) in [5.74, 6) is 0.704. The lowest BCUT2D eigenvalue weighted by Gasteiger charge is -2.18. The van der Waals surface area contributed by atoms with E-state index in [0.29, 0.717) is 21.3 Å². The van der Waals surface area contributed by atoms with Crippen molar-refractivity contribution in [3.05, 3.63) is 52.5 Å². The molecule has 0 amide bonds. The van der Waals surface area contributed by atoms with Gasteiger partial charge in [-0.05, 0) is 52.5 Å². The number of rotatable bonds is 4. The lowest BCUT2D eigenvalue weighted by Crippen LogP contribution is -2.16. The first kappa shape index (κ1) is 19.5. The Morgan fingerprint density at radius 3 is 2.66 bits per heavy atom. The van der Waals surface area contributed by atoms with E-state index in [2.05, 4.69) is 52.0 Å². The first-order valence-corrected chi connectivity index (χ1v) is 10.1. The Balaban J connectivity index is 1.77. The summed E-state index contributed by atoms with van der Waals surface area (Å²) in [6.07, 6.45) is 0. The monoisotopic (exact) mass is 452 g/mol. The fourth-order valence-corrected chi connectivity index (χ4v) is 3.66. The second-order valence-electron chi connectivity index (χ2n) is 8.25. The van der Waals surface area contributed by atoms with Crippen molar-refractivity contribution < 1.29 is 9.53 Å². The lowest BCUT2D eigenvalue weighted by atomic mass is 9.97. The summed E-state index contributed by atoms with van der Waals surface area (Å²) in [5, 5.41) is 9.49. The second kappa shape index (κ2) is 7.22. The molecule has 2 aromatic heterocycles. The van der Waals surface area contributed by atoms with Crippen LogP contribution in [-0.2, 0) is 6.54 Å². The van der Waals surface area contributed by atoms with Crippen molar-refractivity contribution in [1.29, 1.82) is 0 Å². The predicted molar refractivity (Wildman–Crippen MR) is 117 cm³/mol. The van der Waals surface area contributed by atoms with Crippen LogP contribution < -0.4 is 4.74 Å². The summed E-state index contributed by atoms with van der Waals surface area (Å²) < 4.78 is 8.64. The predicted octanol–water partition coefficient (Wildman–Crippen LogP) is 5.78. The molecule has 0 aliphatic rings. The molecule has 7 heteroatoms. The number of carbonyl (C=O) groups excluding carboxylic acids is 1. The third-order valence-corrected chi connectivity index (χ3v) is 5.26. The number of hydrogen-bond acceptors (Lipinski definition) is 5. The molecular weight excluding hydrogens is 432 g/mol. The molecule has 0 atom stereocenters. The molecule has 0 N–H and O–H groups in total. The van der Waals surface area contributed by atoms with Gasteiger partial charge in [-0.3, -0.25) is 4.79 Å². The molecule has 0 saturated carbocycles. The van der Waals surface area contributed by atoms with Gasteiger partial charge in [0, 0.05) is 11.9 Å². The van der Waals surface area contributed by atoms with Crippen molar-refractivity contribution >= 4 is 43.6 Å². The van der Waals surface area contributed by atoms with Crippen molar-refractivity contribution in [2.45, 2.75) is 34.2 Å². The van der Waals surface area contributed by atoms with E-state index in [9.17, 15) is 4.79 Å². The summed E-state index contributed by atoms with van der Waals surface area (Å²) in [5.41, 5.74) is 2.90. The van der Waals surface area contributed by atoms with Crippen molar-refractivity contribution in [3.8, 4) is 11.6 Å². The average molecular weight is 453 g/mol. The smallest absolute Gasteiger partial charge is 0.230 e. The standard InChI is InChI=1S/C22H21BrN4O2/c1-13(28)15-11-14-7-5-6-8-16(14)24-21(15)29-18-10-9-17-20(19(18)23)25-26-27(17)12-22(2,3)4/h5-11H,12H2,1-4H3. The van der Waals surface area contributed by atoms with Crippen LogP contribution in [0.15, 0.2) is 46.9 Å². The summed E-state index contributed by atoms with van der Waals surface area (Å²) in [7, 11) is 0. The molecular formula is C22H21BrN4O2. The molecule has 148 valence electrons. The van der Waals surface area contributed by atoms with E-state index in [1.54, 1.807) is 0 Å². The summed E-state index contributed by atoms with van der Waals surface area (Å²) in [4.78, 5) is 16.7. The number of fused-ring (bicyclic) bond motifs is 2. The zero-order valence-electron chi connectivity index (χ0n) is 16.7. The summed E-state index contributed by atoms with van der Waals surface area (Å²) in [6.45, 7) is 8.72. The first-order valence-electron chi connectivity index (χ1n) is 9.33. The van der Waals surface area contributed by atoms with Crippen molar-refractivity contribution in [2.75, 3.05) is 0 Å². The Bertz CT molecular complexity index is 1240. The Morgan fingerprint density at radius 2 is 1.93 bits per heavy atom. The molecule has 0 spiro atoms. The minimum Gasteiger partial charge on any atom is -0.437 e. The Hall–Kier alpha value is -2.80. The van der Waals surface area contributed by atoms with Crippen LogP contribution in [0.3, 0.4) is 0 Å². The maximum absolute atomic E-state index is 12.2. The molecule has 0 aliphatic heterocycles. The highest BCUT2D eigenvalue weighted by molar-refractivity contribution is 9.10. The average Bonchev–Trinajstić information content (AvgIpc) is 3.05. The van der Waals surface area contributed by atoms with E-state index in [-0.39, 0.29) is 17.1 Å². The maximum Gasteiger partial charge on any atom is 0.230 e. The Labute approximate surface area is 177 Å². The van der Waals surface area contributed by atoms with Gasteiger partial charge in [0.1, 0.15) is 11.3 Å². The summed E-state index contributed by atoms with van der Waals surface area (Å²) in [6, 6.07) is 13.2. The van der Waals surface area contributed by atoms with Crippen LogP contribution in [-0.4, -0.2) is 25.8 Å². The van der Waals surface area contributed by atoms with Crippen LogP contribution in [0.4, 0.5) is 0 Å². The number of hydrogen-bond donors (Lipinski definition) is 0. The van der Waals surface area contributed by atoms with Gasteiger partial charge >= 0.3 is 0 Å². The highest BCUT2D eigenvalue weighted by Gasteiger charge is 2.19. The van der Waals surface area contributed by atoms with Crippen LogP contribution in [0.1, 0.15) is 38.1 Å². The van der Waals surface area contributed by atoms with Gasteiger partial charge in [0.15, 0.2) is 5.78 Å². The minimum absolute atomic E-state index is 0.0771. The molecule has 4 rings (SSSR count). The Morgan fingerprint density at radius 1 is 1.17 bits per heavy atom. The molecule has 0 saturated heterocycles. The van der Waals surface area contributed by atoms with Crippen molar-refractivity contribution in [1.82, 2.24) is 20.0 Å². The number of pyridine rings is 1. The molecule has 2 aromatic carbocycles. The van der Waals surface area contributed by atoms with E-state index < -0.39 is 0 Å². The molecule has 0 unspecified atom stereocenters. The van der Waals surface area contributed by atoms with Crippen LogP contribution in [0, 0.1) is 5.41 Å². The van der Waals surface area contributed by atoms with Gasteiger partial charge in [-0.25, -0.2) is 9.67 Å². The number of ketones is 1. The maximum atomic E-state index is 12.2. The minimum atomic E-state index is -0.105. The van der Waals surface area contributed by atoms with Gasteiger partial charge in [-0.15, -0.1) is 5.10 Å². The molecule has 6 nitrogen and oxygen atoms in total. The number of para-hydroxylation sites is 1. The number of ether oxygens (including phenoxy) is 1. The first-order chi connectivity index (χ1) is 13.7. The van der Waals surface area contributed by atoms with Gasteiger partial charge in [0.05, 0.1) is 21.1 Å². The van der Waals surface area contributed by atoms with E-state index in [4.69, 9.17) is 4.74 Å². The summed E-state index contributed by atoms with van der Waals surface area (Å²) >= 11 is 3.59. The van der Waals surface area contributed by atoms with Gasteiger partial charge in [0.25, 0.3) is 0 Å². The molecule has 0 bridgehead atoms. The number of Topliss-reactive ketones (excluding diaryl/α,β-unsaturated/α-hetero) is 1. The molecule has 4 aromatic rings. The molecule has 0 fully saturated rings. The number of benzene rings is 2. The van der Waals surface area contributed by atoms with Crippen molar-refractivity contribution in [3.63, 3.8) is 0 Å². The van der Waals surface area contributed by atoms with Crippen LogP contribution in [0.2, 0.25) is 0 Å². The Kier molecular flexibility index (Phi) is 4.86. The van der Waals surface area contributed by atoms with Gasteiger partial charge < -0.3 is 4.74 Å². The molecule has 29 heavy (non-hydrogen) atoms. The van der Waals surface area contributed by atoms with Crippen LogP contribution in [0.25, 0.3) is 21.9 Å². The van der Waals surface area contributed by atoms with E-state index >= 15 is 0 Å². The van der Waals surface area contributed by atoms with E-state index in [1.165, 1.54) is 6.92 Å². The number of carbonyl (C=O) groups is 1. The number of halogens is 1. The SMILES string of the molecule is CC(=O)c1cc2ccccc2nc1Oc1ccc2c(nnn2CC(C)(C)C)c1Br. The zero-order chi connectivity index (χ0) is 20.8. The third kappa shape index (κ3) is 3.87. The third-order valence-electron chi connectivity index (χ3n) is 4.49.